The van der Waals surface area contributed by atoms with Gasteiger partial charge in [0.1, 0.15) is 0 Å². The molecule has 0 saturated carbocycles. The topological polar surface area (TPSA) is 42.0 Å². The predicted octanol–water partition coefficient (Wildman–Crippen LogP) is 5.10. The molecule has 1 amide bonds. The second-order valence-corrected chi connectivity index (χ2v) is 7.24. The van der Waals surface area contributed by atoms with Gasteiger partial charge in [-0.15, -0.1) is 22.7 Å². The molecule has 0 unspecified atom stereocenters. The van der Waals surface area contributed by atoms with Crippen LogP contribution in [0.5, 0.6) is 0 Å². The number of thiophene rings is 1. The van der Waals surface area contributed by atoms with Gasteiger partial charge in [-0.05, 0) is 29.2 Å². The summed E-state index contributed by atoms with van der Waals surface area (Å²) >= 11 is 9.20. The molecule has 1 N–H and O–H groups in total. The molecule has 0 fully saturated rings. The Balaban J connectivity index is 1.61. The molecule has 2 heterocycles. The predicted molar refractivity (Wildman–Crippen MR) is 98.4 cm³/mol. The number of amides is 1. The minimum absolute atomic E-state index is 0.183. The molecule has 0 atom stereocenters. The Bertz CT molecular complexity index is 825. The number of thiazole rings is 1. The van der Waals surface area contributed by atoms with E-state index in [-0.39, 0.29) is 5.91 Å². The average Bonchev–Trinajstić information content (AvgIpc) is 3.19. The van der Waals surface area contributed by atoms with Crippen LogP contribution in [0.3, 0.4) is 0 Å². The lowest BCUT2D eigenvalue weighted by Crippen LogP contribution is -2.06. The van der Waals surface area contributed by atoms with E-state index in [9.17, 15) is 4.79 Å². The minimum atomic E-state index is -0.183. The summed E-state index contributed by atoms with van der Waals surface area (Å²) in [7, 11) is 0. The van der Waals surface area contributed by atoms with Crippen molar-refractivity contribution < 1.29 is 4.79 Å². The second kappa shape index (κ2) is 7.55. The number of hydrogen-bond acceptors (Lipinski definition) is 4. The number of halogens is 1. The maximum atomic E-state index is 11.9. The first-order chi connectivity index (χ1) is 11.2. The largest absolute Gasteiger partial charge is 0.298 e. The number of aromatic nitrogens is 1. The van der Waals surface area contributed by atoms with Crippen LogP contribution >= 0.6 is 34.3 Å². The minimum Gasteiger partial charge on any atom is -0.298 e. The number of nitrogens with zero attached hydrogens (tertiary/aromatic N) is 1. The molecule has 0 aliphatic rings. The van der Waals surface area contributed by atoms with Crippen molar-refractivity contribution in [1.29, 1.82) is 0 Å². The zero-order valence-corrected chi connectivity index (χ0v) is 14.4. The molecule has 2 aromatic heterocycles. The summed E-state index contributed by atoms with van der Waals surface area (Å²) in [6, 6.07) is 11.6. The third-order valence-electron chi connectivity index (χ3n) is 3.05. The van der Waals surface area contributed by atoms with E-state index in [2.05, 4.69) is 10.3 Å². The maximum Gasteiger partial charge on any atom is 0.250 e. The van der Waals surface area contributed by atoms with E-state index in [0.717, 1.165) is 20.3 Å². The Kier molecular flexibility index (Phi) is 5.23. The summed E-state index contributed by atoms with van der Waals surface area (Å²) in [4.78, 5) is 18.2. The summed E-state index contributed by atoms with van der Waals surface area (Å²) in [5, 5.41) is 6.08. The van der Waals surface area contributed by atoms with E-state index in [4.69, 9.17) is 11.6 Å². The number of carbonyl (C=O) groups is 1. The summed E-state index contributed by atoms with van der Waals surface area (Å²) in [5.74, 6) is -0.183. The fourth-order valence-corrected chi connectivity index (χ4v) is 3.63. The molecule has 3 nitrogen and oxygen atoms in total. The Morgan fingerprint density at radius 2 is 2.13 bits per heavy atom. The number of rotatable bonds is 5. The van der Waals surface area contributed by atoms with Gasteiger partial charge in [-0.25, -0.2) is 4.98 Å². The third-order valence-corrected chi connectivity index (χ3v) is 5.17. The van der Waals surface area contributed by atoms with Gasteiger partial charge in [0.2, 0.25) is 5.91 Å². The van der Waals surface area contributed by atoms with Gasteiger partial charge in [-0.1, -0.05) is 35.9 Å². The normalized spacial score (nSPS) is 11.0. The van der Waals surface area contributed by atoms with Crippen LogP contribution in [0, 0.1) is 0 Å². The van der Waals surface area contributed by atoms with Crippen molar-refractivity contribution in [1.82, 2.24) is 4.98 Å². The van der Waals surface area contributed by atoms with E-state index in [1.165, 1.54) is 17.4 Å². The van der Waals surface area contributed by atoms with Gasteiger partial charge in [0, 0.05) is 33.5 Å². The molecule has 23 heavy (non-hydrogen) atoms. The zero-order chi connectivity index (χ0) is 16.1. The smallest absolute Gasteiger partial charge is 0.250 e. The van der Waals surface area contributed by atoms with Crippen LogP contribution in [0.1, 0.15) is 15.3 Å². The van der Waals surface area contributed by atoms with E-state index in [1.807, 2.05) is 41.8 Å². The quantitative estimate of drug-likeness (QED) is 0.643. The molecule has 0 aliphatic carbocycles. The van der Waals surface area contributed by atoms with Crippen molar-refractivity contribution in [2.24, 2.45) is 0 Å². The van der Waals surface area contributed by atoms with Gasteiger partial charge < -0.3 is 0 Å². The summed E-state index contributed by atoms with van der Waals surface area (Å²) < 4.78 is 0. The maximum absolute atomic E-state index is 11.9. The molecule has 6 heteroatoms. The highest BCUT2D eigenvalue weighted by Gasteiger charge is 2.07. The average molecular weight is 361 g/mol. The monoisotopic (exact) mass is 360 g/mol. The summed E-state index contributed by atoms with van der Waals surface area (Å²) in [5.41, 5.74) is 1.05. The number of anilines is 1. The van der Waals surface area contributed by atoms with Gasteiger partial charge >= 0.3 is 0 Å². The molecular formula is C17H13ClN2OS2. The van der Waals surface area contributed by atoms with Crippen LogP contribution < -0.4 is 5.32 Å². The standard InChI is InChI=1S/C17H13ClN2OS2/c18-15-6-2-1-4-12(15)10-14-11-19-17(23-14)20-16(21)8-7-13-5-3-9-22-13/h1-9,11H,10H2,(H,19,20,21)/b8-7+. The lowest BCUT2D eigenvalue weighted by atomic mass is 10.1. The fourth-order valence-electron chi connectivity index (χ4n) is 1.97. The van der Waals surface area contributed by atoms with E-state index in [0.29, 0.717) is 11.6 Å². The van der Waals surface area contributed by atoms with Crippen molar-refractivity contribution in [3.63, 3.8) is 0 Å². The van der Waals surface area contributed by atoms with Gasteiger partial charge in [0.05, 0.1) is 0 Å². The molecular weight excluding hydrogens is 348 g/mol. The van der Waals surface area contributed by atoms with Crippen molar-refractivity contribution in [3.8, 4) is 0 Å². The fraction of sp³-hybridized carbons (Fsp3) is 0.0588. The van der Waals surface area contributed by atoms with Gasteiger partial charge in [0.25, 0.3) is 0 Å². The van der Waals surface area contributed by atoms with Crippen LogP contribution in [-0.2, 0) is 11.2 Å². The molecule has 0 spiro atoms. The van der Waals surface area contributed by atoms with Crippen LogP contribution in [0.25, 0.3) is 6.08 Å². The summed E-state index contributed by atoms with van der Waals surface area (Å²) in [6.07, 6.45) is 5.78. The Labute approximate surface area is 147 Å². The van der Waals surface area contributed by atoms with Crippen molar-refractivity contribution in [3.05, 3.63) is 74.4 Å². The van der Waals surface area contributed by atoms with Crippen LogP contribution in [0.2, 0.25) is 5.02 Å². The van der Waals surface area contributed by atoms with Crippen molar-refractivity contribution in [2.45, 2.75) is 6.42 Å². The van der Waals surface area contributed by atoms with E-state index >= 15 is 0 Å². The highest BCUT2D eigenvalue weighted by Crippen LogP contribution is 2.24. The Morgan fingerprint density at radius 3 is 2.91 bits per heavy atom. The van der Waals surface area contributed by atoms with Gasteiger partial charge in [-0.3, -0.25) is 10.1 Å². The number of carbonyl (C=O) groups excluding carboxylic acids is 1. The molecule has 0 saturated heterocycles. The molecule has 0 radical (unpaired) electrons. The van der Waals surface area contributed by atoms with Crippen LogP contribution in [-0.4, -0.2) is 10.9 Å². The number of hydrogen-bond donors (Lipinski definition) is 1. The van der Waals surface area contributed by atoms with Crippen molar-refractivity contribution >= 4 is 51.4 Å². The molecule has 116 valence electrons. The highest BCUT2D eigenvalue weighted by atomic mass is 35.5. The first-order valence-corrected chi connectivity index (χ1v) is 8.99. The lowest BCUT2D eigenvalue weighted by molar-refractivity contribution is -0.111. The van der Waals surface area contributed by atoms with Crippen LogP contribution in [0.4, 0.5) is 5.13 Å². The summed E-state index contributed by atoms with van der Waals surface area (Å²) in [6.45, 7) is 0. The lowest BCUT2D eigenvalue weighted by Gasteiger charge is -2.00. The van der Waals surface area contributed by atoms with Crippen LogP contribution in [0.15, 0.2) is 54.1 Å². The molecule has 0 aliphatic heterocycles. The number of benzene rings is 1. The van der Waals surface area contributed by atoms with E-state index in [1.54, 1.807) is 23.6 Å². The Hall–Kier alpha value is -1.95. The first kappa shape index (κ1) is 15.9. The van der Waals surface area contributed by atoms with Crippen molar-refractivity contribution in [2.75, 3.05) is 5.32 Å². The molecule has 3 aromatic rings. The molecule has 3 rings (SSSR count). The first-order valence-electron chi connectivity index (χ1n) is 6.91. The molecule has 0 bridgehead atoms. The SMILES string of the molecule is O=C(/C=C/c1cccs1)Nc1ncc(Cc2ccccc2Cl)s1. The Morgan fingerprint density at radius 1 is 1.26 bits per heavy atom. The number of nitrogens with one attached hydrogen (secondary N) is 1. The van der Waals surface area contributed by atoms with E-state index < -0.39 is 0 Å². The highest BCUT2D eigenvalue weighted by molar-refractivity contribution is 7.15. The molecule has 1 aromatic carbocycles. The second-order valence-electron chi connectivity index (χ2n) is 4.74. The van der Waals surface area contributed by atoms with Gasteiger partial charge in [-0.2, -0.15) is 0 Å². The zero-order valence-electron chi connectivity index (χ0n) is 12.0. The third kappa shape index (κ3) is 4.51. The van der Waals surface area contributed by atoms with Gasteiger partial charge in [0.15, 0.2) is 5.13 Å².